The minimum absolute atomic E-state index is 0.188. The molecule has 1 aromatic heterocycles. The normalized spacial score (nSPS) is 17.9. The number of sulfonamides is 1. The third-order valence-corrected chi connectivity index (χ3v) is 8.68. The Kier molecular flexibility index (Phi) is 8.39. The van der Waals surface area contributed by atoms with Gasteiger partial charge in [0.25, 0.3) is 5.91 Å². The van der Waals surface area contributed by atoms with E-state index in [0.717, 1.165) is 16.0 Å². The zero-order chi connectivity index (χ0) is 28.5. The molecule has 0 spiro atoms. The summed E-state index contributed by atoms with van der Waals surface area (Å²) in [5.41, 5.74) is -3.05. The molecule has 0 aliphatic carbocycles. The molecule has 0 saturated carbocycles. The maximum absolute atomic E-state index is 15.4. The Morgan fingerprint density at radius 2 is 1.74 bits per heavy atom. The van der Waals surface area contributed by atoms with Crippen molar-refractivity contribution in [3.8, 4) is 11.1 Å². The van der Waals surface area contributed by atoms with Crippen LogP contribution >= 0.6 is 0 Å². The summed E-state index contributed by atoms with van der Waals surface area (Å²) >= 11 is 0. The molecule has 1 aromatic carbocycles. The Hall–Kier alpha value is -2.84. The zero-order valence-electron chi connectivity index (χ0n) is 20.8. The molecular formula is C24H27F4N3O5S2. The number of alkyl halides is 4. The van der Waals surface area contributed by atoms with Gasteiger partial charge in [-0.3, -0.25) is 9.78 Å². The molecule has 0 unspecified atom stereocenters. The van der Waals surface area contributed by atoms with Gasteiger partial charge in [-0.2, -0.15) is 17.5 Å². The van der Waals surface area contributed by atoms with Crippen molar-refractivity contribution >= 4 is 25.8 Å². The van der Waals surface area contributed by atoms with Gasteiger partial charge in [-0.1, -0.05) is 30.3 Å². The van der Waals surface area contributed by atoms with E-state index in [9.17, 15) is 34.8 Å². The van der Waals surface area contributed by atoms with Gasteiger partial charge in [0.05, 0.1) is 0 Å². The lowest BCUT2D eigenvalue weighted by Crippen LogP contribution is -2.53. The number of hydrogen-bond acceptors (Lipinski definition) is 6. The molecule has 1 aliphatic rings. The molecule has 38 heavy (non-hydrogen) atoms. The summed E-state index contributed by atoms with van der Waals surface area (Å²) in [4.78, 5) is 15.4. The number of hydrogen-bond donors (Lipinski definition) is 1. The molecule has 1 N–H and O–H groups in total. The molecule has 3 rings (SSSR count). The molecule has 208 valence electrons. The van der Waals surface area contributed by atoms with E-state index in [2.05, 4.69) is 10.3 Å². The first kappa shape index (κ1) is 29.7. The topological polar surface area (TPSA) is 114 Å². The minimum atomic E-state index is -4.81. The molecule has 1 aliphatic heterocycles. The number of nitrogens with one attached hydrogen (secondary N) is 1. The number of benzene rings is 1. The van der Waals surface area contributed by atoms with Gasteiger partial charge in [-0.25, -0.2) is 21.2 Å². The number of sulfone groups is 1. The van der Waals surface area contributed by atoms with Crippen LogP contribution in [0.4, 0.5) is 17.6 Å². The molecule has 1 atom stereocenters. The molecule has 8 nitrogen and oxygen atoms in total. The predicted octanol–water partition coefficient (Wildman–Crippen LogP) is 3.63. The molecule has 1 fully saturated rings. The average Bonchev–Trinajstić information content (AvgIpc) is 2.82. The highest BCUT2D eigenvalue weighted by Crippen LogP contribution is 2.38. The van der Waals surface area contributed by atoms with Gasteiger partial charge in [0.2, 0.25) is 10.0 Å². The smallest absolute Gasteiger partial charge is 0.347 e. The Labute approximate surface area is 218 Å². The van der Waals surface area contributed by atoms with Crippen molar-refractivity contribution in [2.24, 2.45) is 0 Å². The van der Waals surface area contributed by atoms with Gasteiger partial charge < -0.3 is 5.32 Å². The lowest BCUT2D eigenvalue weighted by atomic mass is 9.93. The standard InChI is InChI=1S/C24H27F4N3O5S2/c1-16-6-4-5-7-18(16)19-14-21(24(26,27)28)29-15-20(19)38(35,36)31-11-9-23(25,10-12-31)22(32)30-17(2)8-13-37(3,33)34/h4-8,13-15,17H,9-12H2,1-3H3,(H,30,32)/b13-8-/t17-/m1/s1. The van der Waals surface area contributed by atoms with Crippen molar-refractivity contribution in [1.29, 1.82) is 0 Å². The second-order valence-electron chi connectivity index (χ2n) is 9.17. The van der Waals surface area contributed by atoms with Crippen LogP contribution in [0.25, 0.3) is 11.1 Å². The molecular weight excluding hydrogens is 550 g/mol. The van der Waals surface area contributed by atoms with Crippen LogP contribution in [0.5, 0.6) is 0 Å². The van der Waals surface area contributed by atoms with Gasteiger partial charge >= 0.3 is 6.18 Å². The number of piperidine rings is 1. The number of rotatable bonds is 7. The van der Waals surface area contributed by atoms with E-state index >= 15 is 4.39 Å². The Balaban J connectivity index is 1.87. The largest absolute Gasteiger partial charge is 0.433 e. The van der Waals surface area contributed by atoms with Gasteiger partial charge in [-0.05, 0) is 31.0 Å². The molecule has 0 bridgehead atoms. The highest BCUT2D eigenvalue weighted by atomic mass is 32.2. The van der Waals surface area contributed by atoms with Crippen molar-refractivity contribution < 1.29 is 39.2 Å². The molecule has 1 amide bonds. The van der Waals surface area contributed by atoms with Crippen LogP contribution in [-0.2, 0) is 30.8 Å². The maximum atomic E-state index is 15.4. The monoisotopic (exact) mass is 577 g/mol. The van der Waals surface area contributed by atoms with Crippen molar-refractivity contribution in [2.45, 2.75) is 49.5 Å². The Bertz CT molecular complexity index is 1450. The molecule has 2 heterocycles. The van der Waals surface area contributed by atoms with Crippen molar-refractivity contribution in [3.05, 3.63) is 59.3 Å². The van der Waals surface area contributed by atoms with E-state index in [0.29, 0.717) is 17.8 Å². The van der Waals surface area contributed by atoms with E-state index in [4.69, 9.17) is 0 Å². The zero-order valence-corrected chi connectivity index (χ0v) is 22.4. The minimum Gasteiger partial charge on any atom is -0.347 e. The van der Waals surface area contributed by atoms with Crippen LogP contribution in [0.3, 0.4) is 0 Å². The van der Waals surface area contributed by atoms with Gasteiger partial charge in [-0.15, -0.1) is 0 Å². The Morgan fingerprint density at radius 3 is 2.29 bits per heavy atom. The second kappa shape index (κ2) is 10.7. The first-order chi connectivity index (χ1) is 17.4. The van der Waals surface area contributed by atoms with Crippen LogP contribution in [0, 0.1) is 6.92 Å². The van der Waals surface area contributed by atoms with E-state index in [-0.39, 0.29) is 11.1 Å². The molecule has 1 saturated heterocycles. The van der Waals surface area contributed by atoms with Crippen LogP contribution in [-0.4, -0.2) is 63.1 Å². The van der Waals surface area contributed by atoms with Gasteiger partial charge in [0.1, 0.15) is 10.6 Å². The van der Waals surface area contributed by atoms with Crippen molar-refractivity contribution in [1.82, 2.24) is 14.6 Å². The molecule has 14 heteroatoms. The van der Waals surface area contributed by atoms with Crippen molar-refractivity contribution in [3.63, 3.8) is 0 Å². The van der Waals surface area contributed by atoms with E-state index in [1.165, 1.54) is 19.1 Å². The predicted molar refractivity (Wildman–Crippen MR) is 133 cm³/mol. The Morgan fingerprint density at radius 1 is 1.13 bits per heavy atom. The van der Waals surface area contributed by atoms with E-state index in [1.54, 1.807) is 25.1 Å². The number of amides is 1. The number of pyridine rings is 1. The SMILES string of the molecule is Cc1ccccc1-c1cc(C(F)(F)F)ncc1S(=O)(=O)N1CCC(F)(C(=O)N[C@H](C)/C=C\S(C)(=O)=O)CC1. The molecule has 2 aromatic rings. The lowest BCUT2D eigenvalue weighted by molar-refractivity contribution is -0.141. The van der Waals surface area contributed by atoms with E-state index in [1.807, 2.05) is 0 Å². The fourth-order valence-electron chi connectivity index (χ4n) is 3.98. The summed E-state index contributed by atoms with van der Waals surface area (Å²) in [6, 6.07) is 6.22. The highest BCUT2D eigenvalue weighted by Gasteiger charge is 2.45. The summed E-state index contributed by atoms with van der Waals surface area (Å²) < 4.78 is 106. The lowest BCUT2D eigenvalue weighted by Gasteiger charge is -2.35. The van der Waals surface area contributed by atoms with Gasteiger partial charge in [0.15, 0.2) is 15.5 Å². The average molecular weight is 578 g/mol. The number of aromatic nitrogens is 1. The number of carbonyl (C=O) groups excluding carboxylic acids is 1. The summed E-state index contributed by atoms with van der Waals surface area (Å²) in [7, 11) is -7.87. The third kappa shape index (κ3) is 6.77. The fraction of sp³-hybridized carbons (Fsp3) is 0.417. The second-order valence-corrected chi connectivity index (χ2v) is 13.0. The first-order valence-electron chi connectivity index (χ1n) is 11.5. The molecule has 0 radical (unpaired) electrons. The summed E-state index contributed by atoms with van der Waals surface area (Å²) in [5.74, 6) is -1.02. The fourth-order valence-corrected chi connectivity index (χ4v) is 6.08. The van der Waals surface area contributed by atoms with Gasteiger partial charge in [0, 0.05) is 55.4 Å². The van der Waals surface area contributed by atoms with Crippen LogP contribution in [0.2, 0.25) is 0 Å². The number of carbonyl (C=O) groups is 1. The highest BCUT2D eigenvalue weighted by molar-refractivity contribution is 7.93. The summed E-state index contributed by atoms with van der Waals surface area (Å²) in [5, 5.41) is 3.23. The van der Waals surface area contributed by atoms with Crippen LogP contribution in [0.15, 0.2) is 52.9 Å². The maximum Gasteiger partial charge on any atom is 0.433 e. The number of halogens is 4. The quantitative estimate of drug-likeness (QED) is 0.503. The van der Waals surface area contributed by atoms with Crippen LogP contribution < -0.4 is 5.32 Å². The van der Waals surface area contributed by atoms with E-state index < -0.39 is 80.2 Å². The number of nitrogens with zero attached hydrogens (tertiary/aromatic N) is 2. The summed E-state index contributed by atoms with van der Waals surface area (Å²) in [6.07, 6.45) is -3.02. The number of aryl methyl sites for hydroxylation is 1. The summed E-state index contributed by atoms with van der Waals surface area (Å²) in [6.45, 7) is 2.26. The van der Waals surface area contributed by atoms with Crippen molar-refractivity contribution in [2.75, 3.05) is 19.3 Å². The first-order valence-corrected chi connectivity index (χ1v) is 14.8. The van der Waals surface area contributed by atoms with Crippen LogP contribution in [0.1, 0.15) is 31.0 Å². The third-order valence-electron chi connectivity index (χ3n) is 6.11.